The van der Waals surface area contributed by atoms with Gasteiger partial charge in [-0.3, -0.25) is 4.79 Å². The summed E-state index contributed by atoms with van der Waals surface area (Å²) in [5, 5.41) is 0. The SMILES string of the molecule is NC(=O)c1ccccc1Oc1nc(N)ncc1Br. The Balaban J connectivity index is 2.40. The lowest BCUT2D eigenvalue weighted by atomic mass is 10.2. The van der Waals surface area contributed by atoms with Gasteiger partial charge in [0.1, 0.15) is 5.75 Å². The number of benzene rings is 1. The third kappa shape index (κ3) is 2.57. The second-order valence-electron chi connectivity index (χ2n) is 3.34. The molecule has 0 saturated carbocycles. The molecule has 2 aromatic rings. The van der Waals surface area contributed by atoms with Crippen molar-refractivity contribution in [2.24, 2.45) is 5.73 Å². The van der Waals surface area contributed by atoms with Crippen LogP contribution in [0.1, 0.15) is 10.4 Å². The number of amides is 1. The highest BCUT2D eigenvalue weighted by Gasteiger charge is 2.12. The summed E-state index contributed by atoms with van der Waals surface area (Å²) < 4.78 is 6.03. The van der Waals surface area contributed by atoms with Crippen LogP contribution in [0.25, 0.3) is 0 Å². The van der Waals surface area contributed by atoms with Gasteiger partial charge in [-0.15, -0.1) is 0 Å². The summed E-state index contributed by atoms with van der Waals surface area (Å²) in [5.74, 6) is 0.0218. The van der Waals surface area contributed by atoms with Crippen molar-refractivity contribution in [3.63, 3.8) is 0 Å². The highest BCUT2D eigenvalue weighted by Crippen LogP contribution is 2.29. The van der Waals surface area contributed by atoms with Gasteiger partial charge in [-0.2, -0.15) is 4.98 Å². The number of carbonyl (C=O) groups is 1. The molecule has 0 fully saturated rings. The Labute approximate surface area is 111 Å². The van der Waals surface area contributed by atoms with Crippen molar-refractivity contribution in [3.05, 3.63) is 40.5 Å². The molecule has 0 saturated heterocycles. The molecule has 1 amide bonds. The lowest BCUT2D eigenvalue weighted by Crippen LogP contribution is -2.12. The van der Waals surface area contributed by atoms with Crippen LogP contribution in [0.2, 0.25) is 0 Å². The van der Waals surface area contributed by atoms with Crippen molar-refractivity contribution < 1.29 is 9.53 Å². The summed E-state index contributed by atoms with van der Waals surface area (Å²) in [5.41, 5.74) is 11.0. The van der Waals surface area contributed by atoms with Crippen molar-refractivity contribution in [1.82, 2.24) is 9.97 Å². The number of nitrogens with zero attached hydrogens (tertiary/aromatic N) is 2. The third-order valence-corrected chi connectivity index (χ3v) is 2.63. The van der Waals surface area contributed by atoms with E-state index in [4.69, 9.17) is 16.2 Å². The third-order valence-electron chi connectivity index (χ3n) is 2.09. The molecule has 0 aliphatic carbocycles. The largest absolute Gasteiger partial charge is 0.437 e. The van der Waals surface area contributed by atoms with E-state index in [0.29, 0.717) is 10.2 Å². The summed E-state index contributed by atoms with van der Waals surface area (Å²) in [6.45, 7) is 0. The fourth-order valence-electron chi connectivity index (χ4n) is 1.30. The molecule has 0 spiro atoms. The van der Waals surface area contributed by atoms with E-state index in [0.717, 1.165) is 0 Å². The van der Waals surface area contributed by atoms with E-state index in [9.17, 15) is 4.79 Å². The first kappa shape index (κ1) is 12.3. The number of rotatable bonds is 3. The van der Waals surface area contributed by atoms with Crippen molar-refractivity contribution in [2.45, 2.75) is 0 Å². The quantitative estimate of drug-likeness (QED) is 0.898. The number of anilines is 1. The highest BCUT2D eigenvalue weighted by atomic mass is 79.9. The Kier molecular flexibility index (Phi) is 3.42. The molecular formula is C11H9BrN4O2. The van der Waals surface area contributed by atoms with Crippen LogP contribution in [-0.2, 0) is 0 Å². The molecule has 1 aromatic carbocycles. The lowest BCUT2D eigenvalue weighted by Gasteiger charge is -2.09. The first-order valence-corrected chi connectivity index (χ1v) is 5.72. The van der Waals surface area contributed by atoms with E-state index in [-0.39, 0.29) is 17.4 Å². The Hall–Kier alpha value is -2.15. The zero-order valence-corrected chi connectivity index (χ0v) is 10.7. The summed E-state index contributed by atoms with van der Waals surface area (Å²) in [6.07, 6.45) is 1.46. The van der Waals surface area contributed by atoms with Gasteiger partial charge in [-0.05, 0) is 28.1 Å². The van der Waals surface area contributed by atoms with Crippen molar-refractivity contribution >= 4 is 27.8 Å². The van der Waals surface area contributed by atoms with Gasteiger partial charge in [0.2, 0.25) is 11.8 Å². The fraction of sp³-hybridized carbons (Fsp3) is 0. The van der Waals surface area contributed by atoms with E-state index < -0.39 is 5.91 Å². The molecule has 1 aromatic heterocycles. The van der Waals surface area contributed by atoms with Gasteiger partial charge >= 0.3 is 0 Å². The van der Waals surface area contributed by atoms with Crippen LogP contribution in [-0.4, -0.2) is 15.9 Å². The zero-order chi connectivity index (χ0) is 13.1. The summed E-state index contributed by atoms with van der Waals surface area (Å²) in [6, 6.07) is 6.59. The van der Waals surface area contributed by atoms with Crippen LogP contribution in [0, 0.1) is 0 Å². The zero-order valence-electron chi connectivity index (χ0n) is 9.13. The molecule has 1 heterocycles. The van der Waals surface area contributed by atoms with E-state index in [1.54, 1.807) is 24.3 Å². The predicted octanol–water partition coefficient (Wildman–Crippen LogP) is 1.71. The van der Waals surface area contributed by atoms with Crippen molar-refractivity contribution in [3.8, 4) is 11.6 Å². The highest BCUT2D eigenvalue weighted by molar-refractivity contribution is 9.10. The lowest BCUT2D eigenvalue weighted by molar-refractivity contribution is 0.0998. The molecule has 4 N–H and O–H groups in total. The molecule has 6 nitrogen and oxygen atoms in total. The van der Waals surface area contributed by atoms with Crippen molar-refractivity contribution in [1.29, 1.82) is 0 Å². The molecular weight excluding hydrogens is 300 g/mol. The van der Waals surface area contributed by atoms with Crippen LogP contribution in [0.5, 0.6) is 11.6 Å². The summed E-state index contributed by atoms with van der Waals surface area (Å²) in [4.78, 5) is 18.9. The van der Waals surface area contributed by atoms with Gasteiger partial charge in [-0.1, -0.05) is 12.1 Å². The molecule has 18 heavy (non-hydrogen) atoms. The first-order valence-electron chi connectivity index (χ1n) is 4.92. The maximum atomic E-state index is 11.2. The van der Waals surface area contributed by atoms with Gasteiger partial charge in [0.05, 0.1) is 16.2 Å². The number of halogens is 1. The Morgan fingerprint density at radius 1 is 1.33 bits per heavy atom. The molecule has 0 bridgehead atoms. The van der Waals surface area contributed by atoms with Crippen molar-refractivity contribution in [2.75, 3.05) is 5.73 Å². The number of hydrogen-bond donors (Lipinski definition) is 2. The van der Waals surface area contributed by atoms with Gasteiger partial charge in [0, 0.05) is 0 Å². The molecule has 92 valence electrons. The molecule has 2 rings (SSSR count). The van der Waals surface area contributed by atoms with Gasteiger partial charge < -0.3 is 16.2 Å². The number of hydrogen-bond acceptors (Lipinski definition) is 5. The average molecular weight is 309 g/mol. The van der Waals surface area contributed by atoms with E-state index in [1.807, 2.05) is 0 Å². The molecule has 0 radical (unpaired) electrons. The minimum absolute atomic E-state index is 0.0738. The molecule has 0 unspecified atom stereocenters. The predicted molar refractivity (Wildman–Crippen MR) is 69.2 cm³/mol. The Morgan fingerprint density at radius 3 is 2.78 bits per heavy atom. The number of para-hydroxylation sites is 1. The minimum atomic E-state index is -0.580. The number of nitrogen functional groups attached to an aromatic ring is 1. The second-order valence-corrected chi connectivity index (χ2v) is 4.20. The Bertz CT molecular complexity index is 603. The van der Waals surface area contributed by atoms with Crippen LogP contribution in [0.4, 0.5) is 5.95 Å². The number of primary amides is 1. The van der Waals surface area contributed by atoms with E-state index in [2.05, 4.69) is 25.9 Å². The van der Waals surface area contributed by atoms with E-state index >= 15 is 0 Å². The smallest absolute Gasteiger partial charge is 0.252 e. The summed E-state index contributed by atoms with van der Waals surface area (Å²) >= 11 is 3.23. The molecule has 0 aliphatic heterocycles. The average Bonchev–Trinajstić information content (AvgIpc) is 2.34. The van der Waals surface area contributed by atoms with Gasteiger partial charge in [0.25, 0.3) is 5.91 Å². The van der Waals surface area contributed by atoms with Gasteiger partial charge in [-0.25, -0.2) is 4.98 Å². The number of aromatic nitrogens is 2. The number of carbonyl (C=O) groups excluding carboxylic acids is 1. The molecule has 0 atom stereocenters. The second kappa shape index (κ2) is 5.01. The summed E-state index contributed by atoms with van der Waals surface area (Å²) in [7, 11) is 0. The van der Waals surface area contributed by atoms with Crippen LogP contribution in [0.15, 0.2) is 34.9 Å². The fourth-order valence-corrected chi connectivity index (χ4v) is 1.57. The maximum absolute atomic E-state index is 11.2. The monoisotopic (exact) mass is 308 g/mol. The molecule has 7 heteroatoms. The van der Waals surface area contributed by atoms with Gasteiger partial charge in [0.15, 0.2) is 0 Å². The Morgan fingerprint density at radius 2 is 2.06 bits per heavy atom. The number of nitrogens with two attached hydrogens (primary N) is 2. The topological polar surface area (TPSA) is 104 Å². The van der Waals surface area contributed by atoms with E-state index in [1.165, 1.54) is 6.20 Å². The van der Waals surface area contributed by atoms with Crippen LogP contribution in [0.3, 0.4) is 0 Å². The normalized spacial score (nSPS) is 10.1. The number of ether oxygens (including phenoxy) is 1. The van der Waals surface area contributed by atoms with Crippen LogP contribution < -0.4 is 16.2 Å². The first-order chi connectivity index (χ1) is 8.58. The minimum Gasteiger partial charge on any atom is -0.437 e. The standard InChI is InChI=1S/C11H9BrN4O2/c12-7-5-15-11(14)16-10(7)18-8-4-2-1-3-6(8)9(13)17/h1-5H,(H2,13,17)(H2,14,15,16). The maximum Gasteiger partial charge on any atom is 0.252 e. The van der Waals surface area contributed by atoms with Crippen LogP contribution >= 0.6 is 15.9 Å². The molecule has 0 aliphatic rings.